The summed E-state index contributed by atoms with van der Waals surface area (Å²) in [7, 11) is 0. The smallest absolute Gasteiger partial charge is 0.306 e. The number of esters is 3. The second-order valence-corrected chi connectivity index (χ2v) is 14.7. The van der Waals surface area contributed by atoms with Crippen LogP contribution in [0.15, 0.2) is 146 Å². The molecule has 0 spiro atoms. The Labute approximate surface area is 372 Å². The molecule has 0 fully saturated rings. The van der Waals surface area contributed by atoms with Gasteiger partial charge in [0.25, 0.3) is 0 Å². The summed E-state index contributed by atoms with van der Waals surface area (Å²) in [5, 5.41) is 0. The molecule has 1 atom stereocenters. The zero-order valence-corrected chi connectivity index (χ0v) is 38.4. The van der Waals surface area contributed by atoms with Crippen molar-refractivity contribution in [1.82, 2.24) is 0 Å². The van der Waals surface area contributed by atoms with E-state index in [0.29, 0.717) is 19.3 Å². The monoisotopic (exact) mass is 839 g/mol. The third-order valence-corrected chi connectivity index (χ3v) is 8.95. The van der Waals surface area contributed by atoms with Crippen LogP contribution in [0.3, 0.4) is 0 Å². The Bertz CT molecular complexity index is 1430. The van der Waals surface area contributed by atoms with Crippen molar-refractivity contribution in [3.8, 4) is 0 Å². The van der Waals surface area contributed by atoms with Gasteiger partial charge in [0.1, 0.15) is 13.2 Å². The number of allylic oxidation sites excluding steroid dienone is 24. The first-order valence-electron chi connectivity index (χ1n) is 23.4. The van der Waals surface area contributed by atoms with E-state index in [1.165, 1.54) is 25.7 Å². The molecule has 338 valence electrons. The summed E-state index contributed by atoms with van der Waals surface area (Å²) in [4.78, 5) is 37.7. The van der Waals surface area contributed by atoms with Gasteiger partial charge in [-0.3, -0.25) is 14.4 Å². The van der Waals surface area contributed by atoms with Crippen molar-refractivity contribution in [2.45, 2.75) is 168 Å². The van der Waals surface area contributed by atoms with Crippen molar-refractivity contribution in [3.05, 3.63) is 146 Å². The Morgan fingerprint density at radius 2 is 0.770 bits per heavy atom. The average Bonchev–Trinajstić information content (AvgIpc) is 3.26. The largest absolute Gasteiger partial charge is 0.462 e. The van der Waals surface area contributed by atoms with Gasteiger partial charge in [-0.25, -0.2) is 0 Å². The lowest BCUT2D eigenvalue weighted by molar-refractivity contribution is -0.166. The molecule has 0 radical (unpaired) electrons. The van der Waals surface area contributed by atoms with E-state index in [1.54, 1.807) is 0 Å². The molecule has 0 heterocycles. The molecule has 0 saturated heterocycles. The molecule has 0 aliphatic rings. The van der Waals surface area contributed by atoms with Gasteiger partial charge in [-0.15, -0.1) is 0 Å². The van der Waals surface area contributed by atoms with Gasteiger partial charge in [-0.05, 0) is 96.3 Å². The van der Waals surface area contributed by atoms with Crippen molar-refractivity contribution in [2.75, 3.05) is 13.2 Å². The minimum absolute atomic E-state index is 0.141. The van der Waals surface area contributed by atoms with E-state index in [1.807, 2.05) is 60.8 Å². The minimum Gasteiger partial charge on any atom is -0.462 e. The highest BCUT2D eigenvalue weighted by Crippen LogP contribution is 2.10. The highest BCUT2D eigenvalue weighted by atomic mass is 16.6. The van der Waals surface area contributed by atoms with Crippen LogP contribution >= 0.6 is 0 Å². The number of carbonyl (C=O) groups excluding carboxylic acids is 3. The van der Waals surface area contributed by atoms with E-state index in [0.717, 1.165) is 77.0 Å². The highest BCUT2D eigenvalue weighted by molar-refractivity contribution is 5.71. The zero-order chi connectivity index (χ0) is 44.4. The fourth-order valence-electron chi connectivity index (χ4n) is 5.49. The molecule has 6 heteroatoms. The summed E-state index contributed by atoms with van der Waals surface area (Å²) in [6, 6.07) is 0. The molecular formula is C55H82O6. The lowest BCUT2D eigenvalue weighted by Gasteiger charge is -2.18. The molecule has 0 aromatic rings. The Kier molecular flexibility index (Phi) is 44.3. The van der Waals surface area contributed by atoms with Crippen LogP contribution in [-0.4, -0.2) is 37.2 Å². The van der Waals surface area contributed by atoms with Gasteiger partial charge in [0, 0.05) is 19.3 Å². The van der Waals surface area contributed by atoms with Crippen LogP contribution in [0.1, 0.15) is 162 Å². The fourth-order valence-corrected chi connectivity index (χ4v) is 5.49. The van der Waals surface area contributed by atoms with Gasteiger partial charge in [-0.2, -0.15) is 0 Å². The van der Waals surface area contributed by atoms with E-state index in [-0.39, 0.29) is 50.4 Å². The average molecular weight is 839 g/mol. The van der Waals surface area contributed by atoms with Crippen LogP contribution in [0.5, 0.6) is 0 Å². The zero-order valence-electron chi connectivity index (χ0n) is 38.4. The molecule has 0 rings (SSSR count). The molecule has 0 N–H and O–H groups in total. The van der Waals surface area contributed by atoms with E-state index in [2.05, 4.69) is 106 Å². The molecule has 6 nitrogen and oxygen atoms in total. The number of rotatable bonds is 39. The summed E-state index contributed by atoms with van der Waals surface area (Å²) >= 11 is 0. The second-order valence-electron chi connectivity index (χ2n) is 14.7. The first-order valence-corrected chi connectivity index (χ1v) is 23.4. The van der Waals surface area contributed by atoms with Crippen molar-refractivity contribution in [1.29, 1.82) is 0 Å². The molecule has 0 saturated carbocycles. The minimum atomic E-state index is -0.846. The quantitative estimate of drug-likeness (QED) is 0.0202. The van der Waals surface area contributed by atoms with E-state index >= 15 is 0 Å². The predicted molar refractivity (Wildman–Crippen MR) is 260 cm³/mol. The normalized spacial score (nSPS) is 13.4. The van der Waals surface area contributed by atoms with Crippen molar-refractivity contribution >= 4 is 17.9 Å². The van der Waals surface area contributed by atoms with Crippen LogP contribution in [0, 0.1) is 0 Å². The van der Waals surface area contributed by atoms with Gasteiger partial charge < -0.3 is 14.2 Å². The van der Waals surface area contributed by atoms with Crippen LogP contribution in [0.2, 0.25) is 0 Å². The summed E-state index contributed by atoms with van der Waals surface area (Å²) in [6.07, 6.45) is 68.5. The molecule has 0 aliphatic carbocycles. The maximum atomic E-state index is 12.7. The maximum Gasteiger partial charge on any atom is 0.306 e. The summed E-state index contributed by atoms with van der Waals surface area (Å²) in [6.45, 7) is 6.17. The first kappa shape index (κ1) is 56.3. The van der Waals surface area contributed by atoms with Crippen molar-refractivity contribution in [3.63, 3.8) is 0 Å². The fraction of sp³-hybridized carbons (Fsp3) is 0.509. The standard InChI is InChI=1S/C55H82O6/c1-4-7-10-13-16-19-21-23-25-26-27-28-30-31-33-36-39-42-45-48-54(57)60-51-52(50-59-53(56)47-44-41-38-35-18-15-12-9-6-3)61-55(58)49-46-43-40-37-34-32-29-24-22-20-17-14-11-8-5-2/h7-8,10-11,14,16-17,19-20,22-25,27-29,31-35,38-39,42,52H,4-6,9,12-13,15,18,21,26,30,36-37,40-41,43-51H2,1-3H3/b10-7-,11-8-,17-14-,19-16-,22-20-,25-23-,28-27-,29-24-,33-31-,34-32-,38-35-,42-39-. The number of hydrogen-bond donors (Lipinski definition) is 0. The number of unbranched alkanes of at least 4 members (excludes halogenated alkanes) is 8. The molecule has 0 aliphatic heterocycles. The summed E-state index contributed by atoms with van der Waals surface area (Å²) in [5.74, 6) is -1.12. The lowest BCUT2D eigenvalue weighted by atomic mass is 10.1. The predicted octanol–water partition coefficient (Wildman–Crippen LogP) is 15.3. The SMILES string of the molecule is CC\C=C/C=C\C=C/C=C\C=C/CCCCCC(=O)OC(COC(=O)CC/C=C\C/C=C\C/C=C\C/C=C\C/C=C\C/C=C\CC)COC(=O)CCC/C=C\CCCCCC. The van der Waals surface area contributed by atoms with Crippen LogP contribution < -0.4 is 0 Å². The second kappa shape index (κ2) is 48.0. The Balaban J connectivity index is 4.61. The van der Waals surface area contributed by atoms with Gasteiger partial charge >= 0.3 is 17.9 Å². The van der Waals surface area contributed by atoms with E-state index in [9.17, 15) is 14.4 Å². The molecule has 0 bridgehead atoms. The highest BCUT2D eigenvalue weighted by Gasteiger charge is 2.19. The molecular weight excluding hydrogens is 757 g/mol. The number of hydrogen-bond acceptors (Lipinski definition) is 6. The molecule has 0 amide bonds. The number of ether oxygens (including phenoxy) is 3. The lowest BCUT2D eigenvalue weighted by Crippen LogP contribution is -2.30. The number of carbonyl (C=O) groups is 3. The van der Waals surface area contributed by atoms with E-state index in [4.69, 9.17) is 14.2 Å². The summed E-state index contributed by atoms with van der Waals surface area (Å²) < 4.78 is 16.6. The molecule has 1 unspecified atom stereocenters. The van der Waals surface area contributed by atoms with Gasteiger partial charge in [-0.1, -0.05) is 192 Å². The van der Waals surface area contributed by atoms with Crippen LogP contribution in [0.25, 0.3) is 0 Å². The topological polar surface area (TPSA) is 78.9 Å². The van der Waals surface area contributed by atoms with Crippen molar-refractivity contribution in [2.24, 2.45) is 0 Å². The molecule has 0 aromatic carbocycles. The Morgan fingerprint density at radius 3 is 1.31 bits per heavy atom. The van der Waals surface area contributed by atoms with Crippen LogP contribution in [0.4, 0.5) is 0 Å². The molecule has 61 heavy (non-hydrogen) atoms. The van der Waals surface area contributed by atoms with Crippen LogP contribution in [-0.2, 0) is 28.6 Å². The Morgan fingerprint density at radius 1 is 0.361 bits per heavy atom. The van der Waals surface area contributed by atoms with E-state index < -0.39 is 6.10 Å². The molecule has 0 aromatic heterocycles. The Hall–Kier alpha value is -4.71. The first-order chi connectivity index (χ1) is 30.0. The van der Waals surface area contributed by atoms with Gasteiger partial charge in [0.05, 0.1) is 0 Å². The third kappa shape index (κ3) is 46.2. The third-order valence-electron chi connectivity index (χ3n) is 8.95. The summed E-state index contributed by atoms with van der Waals surface area (Å²) in [5.41, 5.74) is 0. The van der Waals surface area contributed by atoms with Crippen molar-refractivity contribution < 1.29 is 28.6 Å². The van der Waals surface area contributed by atoms with Gasteiger partial charge in [0.15, 0.2) is 6.10 Å². The maximum absolute atomic E-state index is 12.7. The van der Waals surface area contributed by atoms with Gasteiger partial charge in [0.2, 0.25) is 0 Å².